The first-order valence-electron chi connectivity index (χ1n) is 56.2. The zero-order valence-corrected chi connectivity index (χ0v) is 92.0. The molecule has 0 amide bonds. The van der Waals surface area contributed by atoms with Crippen LogP contribution in [0.25, 0.3) is 271 Å². The van der Waals surface area contributed by atoms with Crippen LogP contribution in [0.3, 0.4) is 0 Å². The van der Waals surface area contributed by atoms with E-state index in [2.05, 4.69) is 482 Å². The maximum absolute atomic E-state index is 2.56. The Bertz CT molecular complexity index is 10100. The van der Waals surface area contributed by atoms with Crippen LogP contribution in [0.5, 0.6) is 0 Å². The quantitative estimate of drug-likeness (QED) is 0.0846. The Kier molecular flexibility index (Phi) is 22.4. The Hall–Kier alpha value is -14.8. The second-order valence-corrected chi connectivity index (χ2v) is 48.4. The standard InChI is InChI=1S/C60H60.2C45H38/c1-31(2)37-25-47(33(5)6)55(48(26-37)34(7)8)45-23-21-43-51-30-54-40-18-14-16-20-42(40)58-46(56-49(35(9)10)27-38(32(3)4)28-50(56)36(11)12)24-22-44(60(54)58)52(51)29-53-39-17-13-15-19-41(39)57(45)59(43)53;1-24(2)27-18-35(25(3)4)43(36(19-27)26(5)6)28-20-39-31-14-9-10-15-32(31)42-22-37-34-17-11-16-33-29-12-7-8-13-30(29)41(44(33)34)23-38(37)40(21-28)45(39)42;1-24(2)27-20-36(25(3)4)43(37(21-27)26(5)6)35-19-18-34-39-22-40-29-13-8-7-12-28(29)31-16-11-17-33(42(31)40)38(39)23-41-30-14-9-10-15-32(30)44(35)45(34)41/h13-36H,1-12H3;2*7-26H,1-6H3. The van der Waals surface area contributed by atoms with Crippen molar-refractivity contribution in [2.24, 2.45) is 0 Å². The zero-order valence-electron chi connectivity index (χ0n) is 92.0. The van der Waals surface area contributed by atoms with E-state index < -0.39 is 0 Å². The molecule has 0 saturated heterocycles. The van der Waals surface area contributed by atoms with Gasteiger partial charge in [0, 0.05) is 0 Å². The highest BCUT2D eigenvalue weighted by Gasteiger charge is 2.33. The SMILES string of the molecule is CC(C)c1cc(C(C)C)c(-c2cc3c4ccccc4c4cc5c(cc6c7ccccc7c7cccc5c76)c(c2)c34)c(C(C)C)c1.CC(C)c1cc(C(C)C)c(-c2ccc3c4cc5c6ccccc6c6c(-c7c(C(C)C)cc(C(C)C)cc7C(C)C)ccc(c4cc4c7ccccc7c2c34)c56)c(C(C)C)c1.CC(C)c1cc(C(C)C)c(-c2ccc3c4cc5c6ccccc6c6cccc(c4cc4c7ccccc7c2c34)c65)c(C(C)C)c1. The molecule has 28 rings (SSSR count). The lowest BCUT2D eigenvalue weighted by Gasteiger charge is -2.24. The van der Waals surface area contributed by atoms with E-state index >= 15 is 0 Å². The van der Waals surface area contributed by atoms with Crippen LogP contribution in [0, 0.1) is 0 Å². The van der Waals surface area contributed by atoms with Crippen LogP contribution in [-0.4, -0.2) is 0 Å². The molecule has 0 fully saturated rings. The second-order valence-electron chi connectivity index (χ2n) is 48.4. The lowest BCUT2D eigenvalue weighted by molar-refractivity contribution is 0.807. The lowest BCUT2D eigenvalue weighted by atomic mass is 9.80. The zero-order chi connectivity index (χ0) is 103. The van der Waals surface area contributed by atoms with Crippen molar-refractivity contribution in [2.45, 2.75) is 237 Å². The van der Waals surface area contributed by atoms with Gasteiger partial charge < -0.3 is 0 Å². The van der Waals surface area contributed by atoms with Gasteiger partial charge in [-0.05, 0) is 457 Å². The Morgan fingerprint density at radius 2 is 0.260 bits per heavy atom. The molecule has 150 heavy (non-hydrogen) atoms. The predicted octanol–water partition coefficient (Wildman–Crippen LogP) is 46.1. The summed E-state index contributed by atoms with van der Waals surface area (Å²) in [5, 5.41) is 57.5. The summed E-state index contributed by atoms with van der Waals surface area (Å²) < 4.78 is 0. The largest absolute Gasteiger partial charge is 0.0616 e. The van der Waals surface area contributed by atoms with Crippen LogP contribution in [-0.2, 0) is 0 Å². The Labute approximate surface area is 883 Å². The van der Waals surface area contributed by atoms with E-state index in [1.54, 1.807) is 0 Å². The first kappa shape index (κ1) is 94.9. The number of fused-ring (bicyclic) bond motifs is 27. The minimum absolute atomic E-state index is 0.405. The number of hydrogen-bond donors (Lipinski definition) is 0. The van der Waals surface area contributed by atoms with Gasteiger partial charge in [-0.15, -0.1) is 0 Å². The fraction of sp³-hybridized carbons (Fsp3) is 0.240. The molecule has 0 aliphatic heterocycles. The molecule has 0 unspecified atom stereocenters. The van der Waals surface area contributed by atoms with Gasteiger partial charge in [0.05, 0.1) is 0 Å². The molecule has 0 heteroatoms. The van der Waals surface area contributed by atoms with Crippen LogP contribution >= 0.6 is 0 Å². The molecule has 0 aromatic heterocycles. The van der Waals surface area contributed by atoms with Gasteiger partial charge in [0.25, 0.3) is 0 Å². The van der Waals surface area contributed by atoms with E-state index in [0.29, 0.717) is 71.0 Å². The summed E-state index contributed by atoms with van der Waals surface area (Å²) in [6, 6.07) is 123. The average Bonchev–Trinajstić information content (AvgIpc) is 1.53. The highest BCUT2D eigenvalue weighted by Crippen LogP contribution is 2.59. The second kappa shape index (κ2) is 35.4. The summed E-state index contributed by atoms with van der Waals surface area (Å²) in [6.45, 7) is 56.5. The normalized spacial score (nSPS) is 12.9. The van der Waals surface area contributed by atoms with E-state index in [0.717, 1.165) is 0 Å². The van der Waals surface area contributed by atoms with E-state index in [-0.39, 0.29) is 0 Å². The van der Waals surface area contributed by atoms with Gasteiger partial charge in [0.1, 0.15) is 0 Å². The molecule has 0 heterocycles. The van der Waals surface area contributed by atoms with Gasteiger partial charge in [0.15, 0.2) is 0 Å². The fourth-order valence-corrected chi connectivity index (χ4v) is 28.0. The fourth-order valence-electron chi connectivity index (χ4n) is 28.0. The molecule has 28 aromatic carbocycles. The smallest absolute Gasteiger partial charge is 0.00137 e. The van der Waals surface area contributed by atoms with Crippen LogP contribution in [0.2, 0.25) is 0 Å². The molecule has 0 spiro atoms. The molecule has 0 nitrogen and oxygen atoms in total. The molecule has 0 saturated carbocycles. The van der Waals surface area contributed by atoms with Crippen molar-refractivity contribution in [1.29, 1.82) is 0 Å². The van der Waals surface area contributed by atoms with Crippen molar-refractivity contribution in [3.63, 3.8) is 0 Å². The van der Waals surface area contributed by atoms with Gasteiger partial charge in [0.2, 0.25) is 0 Å². The third kappa shape index (κ3) is 14.1. The topological polar surface area (TPSA) is 0 Å². The lowest BCUT2D eigenvalue weighted by Crippen LogP contribution is -2.04. The Morgan fingerprint density at radius 1 is 0.107 bits per heavy atom. The van der Waals surface area contributed by atoms with Gasteiger partial charge in [-0.1, -0.05) is 433 Å². The van der Waals surface area contributed by atoms with Gasteiger partial charge >= 0.3 is 0 Å². The molecule has 28 aromatic rings. The number of hydrogen-bond acceptors (Lipinski definition) is 0. The average molecular weight is 1940 g/mol. The van der Waals surface area contributed by atoms with Crippen molar-refractivity contribution in [3.8, 4) is 44.5 Å². The van der Waals surface area contributed by atoms with Crippen molar-refractivity contribution >= 4 is 226 Å². The minimum atomic E-state index is 0.405. The molecular weight excluding hydrogens is 1800 g/mol. The molecule has 0 aliphatic rings. The summed E-state index contributed by atoms with van der Waals surface area (Å²) in [5.74, 6) is 5.28. The summed E-state index contributed by atoms with van der Waals surface area (Å²) in [4.78, 5) is 0. The highest BCUT2D eigenvalue weighted by molar-refractivity contribution is 6.47. The molecule has 736 valence electrons. The van der Waals surface area contributed by atoms with Gasteiger partial charge in [-0.25, -0.2) is 0 Å². The number of rotatable bonds is 16. The Balaban J connectivity index is 0.000000115. The summed E-state index contributed by atoms with van der Waals surface area (Å²) in [6.07, 6.45) is 0. The summed E-state index contributed by atoms with van der Waals surface area (Å²) >= 11 is 0. The van der Waals surface area contributed by atoms with Crippen molar-refractivity contribution in [3.05, 3.63) is 382 Å². The predicted molar refractivity (Wildman–Crippen MR) is 665 cm³/mol. The summed E-state index contributed by atoms with van der Waals surface area (Å²) in [5.41, 5.74) is 28.7. The molecule has 0 atom stereocenters. The molecule has 0 radical (unpaired) electrons. The van der Waals surface area contributed by atoms with E-state index in [9.17, 15) is 0 Å². The van der Waals surface area contributed by atoms with Crippen molar-refractivity contribution in [1.82, 2.24) is 0 Å². The third-order valence-electron chi connectivity index (χ3n) is 35.5. The first-order chi connectivity index (χ1) is 72.4. The van der Waals surface area contributed by atoms with E-state index in [4.69, 9.17) is 0 Å². The van der Waals surface area contributed by atoms with Gasteiger partial charge in [-0.2, -0.15) is 0 Å². The van der Waals surface area contributed by atoms with Crippen molar-refractivity contribution in [2.75, 3.05) is 0 Å². The van der Waals surface area contributed by atoms with Crippen LogP contribution in [0.1, 0.15) is 304 Å². The first-order valence-corrected chi connectivity index (χ1v) is 56.2. The van der Waals surface area contributed by atoms with E-state index in [1.807, 2.05) is 0 Å². The van der Waals surface area contributed by atoms with Gasteiger partial charge in [-0.3, -0.25) is 0 Å². The van der Waals surface area contributed by atoms with Crippen molar-refractivity contribution < 1.29 is 0 Å². The van der Waals surface area contributed by atoms with Crippen LogP contribution < -0.4 is 0 Å². The Morgan fingerprint density at radius 3 is 0.487 bits per heavy atom. The molecule has 0 bridgehead atoms. The van der Waals surface area contributed by atoms with Crippen LogP contribution in [0.4, 0.5) is 0 Å². The monoisotopic (exact) mass is 1940 g/mol. The van der Waals surface area contributed by atoms with Crippen LogP contribution in [0.15, 0.2) is 315 Å². The highest BCUT2D eigenvalue weighted by atomic mass is 14.4. The van der Waals surface area contributed by atoms with E-state index in [1.165, 1.54) is 337 Å². The number of benzene rings is 22. The maximum Gasteiger partial charge on any atom is -0.00137 e. The minimum Gasteiger partial charge on any atom is -0.0616 e. The molecule has 0 N–H and O–H groups in total. The molecule has 0 aliphatic carbocycles. The third-order valence-corrected chi connectivity index (χ3v) is 35.5. The molecular formula is C150H136. The maximum atomic E-state index is 2.56. The summed E-state index contributed by atoms with van der Waals surface area (Å²) in [7, 11) is 0.